The van der Waals surface area contributed by atoms with Crippen molar-refractivity contribution >= 4 is 56.5 Å². The lowest BCUT2D eigenvalue weighted by molar-refractivity contribution is -0.113. The number of hydrogen-bond donors (Lipinski definition) is 2. The molecule has 1 aromatic carbocycles. The van der Waals surface area contributed by atoms with E-state index in [2.05, 4.69) is 31.0 Å². The lowest BCUT2D eigenvalue weighted by atomic mass is 10.2. The summed E-state index contributed by atoms with van der Waals surface area (Å²) < 4.78 is 5.63. The summed E-state index contributed by atoms with van der Waals surface area (Å²) in [6, 6.07) is 6.72. The first-order valence-corrected chi connectivity index (χ1v) is 10.2. The molecule has 9 nitrogen and oxygen atoms in total. The number of aryl methyl sites for hydroxylation is 1. The highest BCUT2D eigenvalue weighted by molar-refractivity contribution is 8.01. The Bertz CT molecular complexity index is 940. The van der Waals surface area contributed by atoms with Gasteiger partial charge in [0.25, 0.3) is 5.91 Å². The molecule has 0 aliphatic heterocycles. The molecule has 0 spiro atoms. The number of rotatable bonds is 7. The molecule has 3 rings (SSSR count). The molecule has 0 radical (unpaired) electrons. The van der Waals surface area contributed by atoms with Crippen LogP contribution in [0.25, 0.3) is 0 Å². The number of nitrogens with zero attached hydrogens (tertiary/aromatic N) is 4. The summed E-state index contributed by atoms with van der Waals surface area (Å²) in [6.45, 7) is 1.81. The molecular weight excluding hydrogens is 408 g/mol. The van der Waals surface area contributed by atoms with E-state index in [9.17, 15) is 9.59 Å². The molecule has 2 aromatic heterocycles. The Morgan fingerprint density at radius 1 is 1.04 bits per heavy atom. The van der Waals surface area contributed by atoms with Crippen molar-refractivity contribution in [2.45, 2.75) is 11.3 Å². The van der Waals surface area contributed by atoms with Gasteiger partial charge in [-0.15, -0.1) is 20.4 Å². The number of carbonyl (C=O) groups is 2. The van der Waals surface area contributed by atoms with Gasteiger partial charge in [-0.2, -0.15) is 0 Å². The minimum absolute atomic E-state index is 0.152. The Morgan fingerprint density at radius 2 is 1.74 bits per heavy atom. The molecule has 0 unspecified atom stereocenters. The molecule has 12 heteroatoms. The second-order valence-electron chi connectivity index (χ2n) is 5.02. The third kappa shape index (κ3) is 5.45. The number of amides is 2. The van der Waals surface area contributed by atoms with Gasteiger partial charge in [-0.05, 0) is 31.2 Å². The van der Waals surface area contributed by atoms with E-state index in [0.717, 1.165) is 5.01 Å². The topological polar surface area (TPSA) is 119 Å². The second-order valence-corrected chi connectivity index (χ2v) is 8.40. The Morgan fingerprint density at radius 3 is 2.41 bits per heavy atom. The van der Waals surface area contributed by atoms with Crippen molar-refractivity contribution < 1.29 is 14.3 Å². The number of ether oxygens (including phenoxy) is 1. The maximum atomic E-state index is 12.2. The van der Waals surface area contributed by atoms with Gasteiger partial charge in [0.15, 0.2) is 4.34 Å². The summed E-state index contributed by atoms with van der Waals surface area (Å²) in [5.74, 6) is 0.313. The van der Waals surface area contributed by atoms with Gasteiger partial charge in [-0.3, -0.25) is 20.2 Å². The predicted molar refractivity (Wildman–Crippen MR) is 105 cm³/mol. The number of benzene rings is 1. The van der Waals surface area contributed by atoms with Gasteiger partial charge in [-0.1, -0.05) is 34.4 Å². The summed E-state index contributed by atoms with van der Waals surface area (Å²) in [6.07, 6.45) is 0. The zero-order valence-corrected chi connectivity index (χ0v) is 16.7. The molecule has 0 aliphatic rings. The molecule has 3 aromatic rings. The van der Waals surface area contributed by atoms with Crippen LogP contribution in [-0.4, -0.2) is 45.1 Å². The molecule has 2 amide bonds. The van der Waals surface area contributed by atoms with E-state index in [1.807, 2.05) is 6.92 Å². The summed E-state index contributed by atoms with van der Waals surface area (Å²) >= 11 is 3.72. The van der Waals surface area contributed by atoms with Gasteiger partial charge < -0.3 is 4.74 Å². The lowest BCUT2D eigenvalue weighted by Crippen LogP contribution is -2.13. The van der Waals surface area contributed by atoms with E-state index in [4.69, 9.17) is 4.74 Å². The molecule has 0 aliphatic carbocycles. The van der Waals surface area contributed by atoms with Gasteiger partial charge in [0.05, 0.1) is 12.9 Å². The van der Waals surface area contributed by atoms with Crippen molar-refractivity contribution in [3.63, 3.8) is 0 Å². The molecule has 0 bridgehead atoms. The van der Waals surface area contributed by atoms with Gasteiger partial charge in [0, 0.05) is 5.56 Å². The molecule has 140 valence electrons. The number of methoxy groups -OCH3 is 1. The van der Waals surface area contributed by atoms with Crippen molar-refractivity contribution in [3.8, 4) is 5.75 Å². The van der Waals surface area contributed by atoms with Crippen molar-refractivity contribution in [1.29, 1.82) is 0 Å². The SMILES string of the molecule is COc1ccc(C(=O)Nc2nnc(SCC(=O)Nc3nnc(C)s3)s2)cc1. The summed E-state index contributed by atoms with van der Waals surface area (Å²) in [4.78, 5) is 24.1. The lowest BCUT2D eigenvalue weighted by Gasteiger charge is -2.02. The fraction of sp³-hybridized carbons (Fsp3) is 0.200. The van der Waals surface area contributed by atoms with Crippen LogP contribution in [-0.2, 0) is 4.79 Å². The van der Waals surface area contributed by atoms with Gasteiger partial charge in [0.2, 0.25) is 16.2 Å². The van der Waals surface area contributed by atoms with E-state index in [0.29, 0.717) is 25.9 Å². The Labute approximate surface area is 166 Å². The Balaban J connectivity index is 1.50. The second kappa shape index (κ2) is 8.88. The first-order valence-electron chi connectivity index (χ1n) is 7.55. The van der Waals surface area contributed by atoms with Crippen LogP contribution < -0.4 is 15.4 Å². The number of carbonyl (C=O) groups excluding carboxylic acids is 2. The monoisotopic (exact) mass is 422 g/mol. The largest absolute Gasteiger partial charge is 0.497 e. The van der Waals surface area contributed by atoms with E-state index in [1.165, 1.54) is 34.4 Å². The van der Waals surface area contributed by atoms with Crippen LogP contribution in [0, 0.1) is 6.92 Å². The van der Waals surface area contributed by atoms with Crippen molar-refractivity contribution in [1.82, 2.24) is 20.4 Å². The van der Waals surface area contributed by atoms with Gasteiger partial charge in [-0.25, -0.2) is 0 Å². The molecular formula is C15H14N6O3S3. The first-order chi connectivity index (χ1) is 13.0. The summed E-state index contributed by atoms with van der Waals surface area (Å²) in [5, 5.41) is 22.5. The minimum atomic E-state index is -0.297. The first kappa shape index (κ1) is 19.2. The summed E-state index contributed by atoms with van der Waals surface area (Å²) in [5.41, 5.74) is 0.479. The van der Waals surface area contributed by atoms with Crippen LogP contribution in [0.3, 0.4) is 0 Å². The van der Waals surface area contributed by atoms with Crippen LogP contribution >= 0.6 is 34.4 Å². The zero-order chi connectivity index (χ0) is 19.2. The highest BCUT2D eigenvalue weighted by Crippen LogP contribution is 2.26. The van der Waals surface area contributed by atoms with E-state index in [1.54, 1.807) is 31.4 Å². The third-order valence-corrected chi connectivity index (χ3v) is 5.80. The molecule has 2 N–H and O–H groups in total. The molecule has 0 saturated heterocycles. The number of aromatic nitrogens is 4. The van der Waals surface area contributed by atoms with E-state index < -0.39 is 0 Å². The fourth-order valence-electron chi connectivity index (χ4n) is 1.86. The Hall–Kier alpha value is -2.57. The molecule has 2 heterocycles. The molecule has 0 atom stereocenters. The van der Waals surface area contributed by atoms with Crippen LogP contribution in [0.1, 0.15) is 15.4 Å². The summed E-state index contributed by atoms with van der Waals surface area (Å²) in [7, 11) is 1.56. The van der Waals surface area contributed by atoms with Crippen molar-refractivity contribution in [2.24, 2.45) is 0 Å². The van der Waals surface area contributed by atoms with E-state index >= 15 is 0 Å². The minimum Gasteiger partial charge on any atom is -0.497 e. The van der Waals surface area contributed by atoms with Crippen molar-refractivity contribution in [3.05, 3.63) is 34.8 Å². The third-order valence-electron chi connectivity index (χ3n) is 3.08. The zero-order valence-electron chi connectivity index (χ0n) is 14.3. The number of thioether (sulfide) groups is 1. The van der Waals surface area contributed by atoms with Gasteiger partial charge >= 0.3 is 0 Å². The van der Waals surface area contributed by atoms with Crippen molar-refractivity contribution in [2.75, 3.05) is 23.5 Å². The Kier molecular flexibility index (Phi) is 6.32. The van der Waals surface area contributed by atoms with E-state index in [-0.39, 0.29) is 17.6 Å². The number of anilines is 2. The maximum absolute atomic E-state index is 12.2. The smallest absolute Gasteiger partial charge is 0.257 e. The standard InChI is InChI=1S/C15H14N6O3S3/c1-8-18-19-13(26-8)16-11(22)7-25-15-21-20-14(27-15)17-12(23)9-3-5-10(24-2)6-4-9/h3-6H,7H2,1-2H3,(H,16,19,22)(H,17,20,23). The average Bonchev–Trinajstić information content (AvgIpc) is 3.28. The highest BCUT2D eigenvalue weighted by Gasteiger charge is 2.13. The van der Waals surface area contributed by atoms with Crippen LogP contribution in [0.4, 0.5) is 10.3 Å². The van der Waals surface area contributed by atoms with Crippen LogP contribution in [0.2, 0.25) is 0 Å². The molecule has 27 heavy (non-hydrogen) atoms. The maximum Gasteiger partial charge on any atom is 0.257 e. The number of hydrogen-bond acceptors (Lipinski definition) is 10. The fourth-order valence-corrected chi connectivity index (χ4v) is 4.01. The van der Waals surface area contributed by atoms with Gasteiger partial charge in [0.1, 0.15) is 10.8 Å². The predicted octanol–water partition coefficient (Wildman–Crippen LogP) is 2.69. The average molecular weight is 423 g/mol. The normalized spacial score (nSPS) is 10.4. The highest BCUT2D eigenvalue weighted by atomic mass is 32.2. The molecule has 0 fully saturated rings. The molecule has 0 saturated carbocycles. The quantitative estimate of drug-likeness (QED) is 0.441. The number of nitrogens with one attached hydrogen (secondary N) is 2. The van der Waals surface area contributed by atoms with Crippen LogP contribution in [0.15, 0.2) is 28.6 Å². The van der Waals surface area contributed by atoms with Crippen LogP contribution in [0.5, 0.6) is 5.75 Å².